The molecule has 0 fully saturated rings. The minimum atomic E-state index is -4.21. The zero-order valence-corrected chi connectivity index (χ0v) is 7.64. The smallest absolute Gasteiger partial charge is 0.368 e. The van der Waals surface area contributed by atoms with Crippen molar-refractivity contribution in [3.05, 3.63) is 23.2 Å². The van der Waals surface area contributed by atoms with Crippen LogP contribution in [0, 0.1) is 5.82 Å². The molecule has 0 aliphatic carbocycles. The Morgan fingerprint density at radius 3 is 2.77 bits per heavy atom. The van der Waals surface area contributed by atoms with Gasteiger partial charge in [-0.15, -0.1) is 0 Å². The number of halogens is 2. The first kappa shape index (κ1) is 10.2. The molecule has 1 aromatic heterocycles. The van der Waals surface area contributed by atoms with Gasteiger partial charge in [-0.1, -0.05) is 11.6 Å². The molecule has 0 aliphatic heterocycles. The fourth-order valence-electron chi connectivity index (χ4n) is 0.588. The van der Waals surface area contributed by atoms with Crippen LogP contribution in [-0.4, -0.2) is 13.4 Å². The molecule has 5 nitrogen and oxygen atoms in total. The summed E-state index contributed by atoms with van der Waals surface area (Å²) in [5.41, 5.74) is 0. The van der Waals surface area contributed by atoms with Crippen molar-refractivity contribution in [1.29, 1.82) is 0 Å². The molecular weight excluding hydrogens is 223 g/mol. The molecule has 1 heterocycles. The number of nitrogens with zero attached hydrogens (tertiary/aromatic N) is 1. The Morgan fingerprint density at radius 2 is 2.23 bits per heavy atom. The Hall–Kier alpha value is -0.920. The Kier molecular flexibility index (Phi) is 2.69. The van der Waals surface area contributed by atoms with Crippen molar-refractivity contribution in [2.75, 3.05) is 0 Å². The third kappa shape index (κ3) is 3.13. The number of pyridine rings is 1. The van der Waals surface area contributed by atoms with E-state index in [-0.39, 0.29) is 5.15 Å². The van der Waals surface area contributed by atoms with Crippen LogP contribution >= 0.6 is 11.6 Å². The molecule has 0 unspecified atom stereocenters. The number of hydrogen-bond acceptors (Lipinski definition) is 4. The van der Waals surface area contributed by atoms with E-state index >= 15 is 0 Å². The maximum Gasteiger partial charge on any atom is 0.380 e. The molecule has 72 valence electrons. The summed E-state index contributed by atoms with van der Waals surface area (Å²) in [6.45, 7) is 0. The number of aromatic nitrogens is 1. The highest BCUT2D eigenvalue weighted by Crippen LogP contribution is 2.22. The summed E-state index contributed by atoms with van der Waals surface area (Å²) in [5.74, 6) is -1.22. The van der Waals surface area contributed by atoms with Gasteiger partial charge in [-0.3, -0.25) is 0 Å². The first-order valence-electron chi connectivity index (χ1n) is 2.92. The minimum absolute atomic E-state index is 0.282. The van der Waals surface area contributed by atoms with Crippen molar-refractivity contribution >= 4 is 21.9 Å². The second-order valence-electron chi connectivity index (χ2n) is 2.02. The second kappa shape index (κ2) is 3.44. The summed E-state index contributed by atoms with van der Waals surface area (Å²) >= 11 is 5.38. The summed E-state index contributed by atoms with van der Waals surface area (Å²) in [7, 11) is -4.21. The van der Waals surface area contributed by atoms with Crippen LogP contribution in [0.1, 0.15) is 0 Å². The Morgan fingerprint density at radius 1 is 1.62 bits per heavy atom. The van der Waals surface area contributed by atoms with Crippen molar-refractivity contribution in [3.8, 4) is 5.75 Å². The van der Waals surface area contributed by atoms with E-state index in [2.05, 4.69) is 14.3 Å². The lowest BCUT2D eigenvalue weighted by Crippen LogP contribution is -2.19. The molecule has 1 aromatic rings. The average Bonchev–Trinajstić information content (AvgIpc) is 1.94. The van der Waals surface area contributed by atoms with E-state index in [1.165, 1.54) is 0 Å². The fourth-order valence-corrected chi connectivity index (χ4v) is 1.15. The molecule has 0 atom stereocenters. The Balaban J connectivity index is 3.08. The van der Waals surface area contributed by atoms with E-state index in [1.54, 1.807) is 0 Å². The van der Waals surface area contributed by atoms with Gasteiger partial charge in [-0.25, -0.2) is 9.37 Å². The van der Waals surface area contributed by atoms with Gasteiger partial charge in [0, 0.05) is 6.07 Å². The van der Waals surface area contributed by atoms with Crippen molar-refractivity contribution in [2.45, 2.75) is 0 Å². The van der Waals surface area contributed by atoms with Gasteiger partial charge in [0.05, 0.1) is 6.20 Å². The lowest BCUT2D eigenvalue weighted by atomic mass is 10.4. The highest BCUT2D eigenvalue weighted by molar-refractivity contribution is 7.84. The molecule has 13 heavy (non-hydrogen) atoms. The van der Waals surface area contributed by atoms with Crippen LogP contribution in [0.2, 0.25) is 5.15 Å². The van der Waals surface area contributed by atoms with Gasteiger partial charge >= 0.3 is 10.3 Å². The van der Waals surface area contributed by atoms with Crippen LogP contribution in [-0.2, 0) is 10.3 Å². The van der Waals surface area contributed by atoms with Gasteiger partial charge in [0.1, 0.15) is 5.82 Å². The first-order chi connectivity index (χ1) is 5.88. The molecule has 2 N–H and O–H groups in total. The van der Waals surface area contributed by atoms with E-state index in [0.717, 1.165) is 12.3 Å². The number of nitrogens with two attached hydrogens (primary N) is 1. The van der Waals surface area contributed by atoms with Gasteiger partial charge in [-0.2, -0.15) is 13.6 Å². The highest BCUT2D eigenvalue weighted by Gasteiger charge is 2.10. The molecule has 0 bridgehead atoms. The van der Waals surface area contributed by atoms with Gasteiger partial charge < -0.3 is 4.18 Å². The second-order valence-corrected chi connectivity index (χ2v) is 3.53. The molecule has 0 radical (unpaired) electrons. The standard InChI is InChI=1S/C5H4ClFN2O3S/c6-5-4(12-13(8,10)11)1-3(7)2-9-5/h1-2H,(H2,8,10,11). The van der Waals surface area contributed by atoms with Crippen LogP contribution in [0.4, 0.5) is 4.39 Å². The van der Waals surface area contributed by atoms with E-state index in [9.17, 15) is 12.8 Å². The van der Waals surface area contributed by atoms with E-state index in [1.807, 2.05) is 0 Å². The molecule has 0 saturated heterocycles. The molecule has 0 aliphatic rings. The van der Waals surface area contributed by atoms with Crippen molar-refractivity contribution in [3.63, 3.8) is 0 Å². The van der Waals surface area contributed by atoms with E-state index in [4.69, 9.17) is 11.6 Å². The van der Waals surface area contributed by atoms with E-state index < -0.39 is 21.9 Å². The maximum absolute atomic E-state index is 12.5. The van der Waals surface area contributed by atoms with Gasteiger partial charge in [0.25, 0.3) is 0 Å². The van der Waals surface area contributed by atoms with E-state index in [0.29, 0.717) is 0 Å². The topological polar surface area (TPSA) is 82.3 Å². The van der Waals surface area contributed by atoms with Crippen LogP contribution in [0.3, 0.4) is 0 Å². The zero-order chi connectivity index (χ0) is 10.1. The molecule has 0 aromatic carbocycles. The monoisotopic (exact) mass is 226 g/mol. The lowest BCUT2D eigenvalue weighted by molar-refractivity contribution is 0.483. The van der Waals surface area contributed by atoms with Crippen LogP contribution in [0.25, 0.3) is 0 Å². The van der Waals surface area contributed by atoms with Crippen molar-refractivity contribution in [1.82, 2.24) is 4.98 Å². The lowest BCUT2D eigenvalue weighted by Gasteiger charge is -2.02. The van der Waals surface area contributed by atoms with Crippen LogP contribution in [0.5, 0.6) is 5.75 Å². The third-order valence-corrected chi connectivity index (χ3v) is 1.68. The SMILES string of the molecule is NS(=O)(=O)Oc1cc(F)cnc1Cl. The van der Waals surface area contributed by atoms with Gasteiger partial charge in [-0.05, 0) is 0 Å². The quantitative estimate of drug-likeness (QED) is 0.743. The molecule has 0 amide bonds. The number of rotatable bonds is 2. The maximum atomic E-state index is 12.5. The summed E-state index contributed by atoms with van der Waals surface area (Å²) in [5, 5.41) is 4.25. The van der Waals surface area contributed by atoms with Crippen molar-refractivity contribution in [2.24, 2.45) is 5.14 Å². The van der Waals surface area contributed by atoms with Crippen molar-refractivity contribution < 1.29 is 17.0 Å². The highest BCUT2D eigenvalue weighted by atomic mass is 35.5. The number of hydrogen-bond donors (Lipinski definition) is 1. The van der Waals surface area contributed by atoms with Gasteiger partial charge in [0.15, 0.2) is 10.9 Å². The molecule has 8 heteroatoms. The average molecular weight is 227 g/mol. The fraction of sp³-hybridized carbons (Fsp3) is 0. The minimum Gasteiger partial charge on any atom is -0.368 e. The predicted octanol–water partition coefficient (Wildman–Crippen LogP) is 0.456. The zero-order valence-electron chi connectivity index (χ0n) is 6.07. The molecule has 1 rings (SSSR count). The largest absolute Gasteiger partial charge is 0.380 e. The summed E-state index contributed by atoms with van der Waals surface area (Å²) < 4.78 is 37.4. The molecule has 0 spiro atoms. The molecular formula is C5H4ClFN2O3S. The normalized spacial score (nSPS) is 11.3. The van der Waals surface area contributed by atoms with Gasteiger partial charge in [0.2, 0.25) is 0 Å². The third-order valence-electron chi connectivity index (χ3n) is 0.979. The first-order valence-corrected chi connectivity index (χ1v) is 4.76. The Bertz CT molecular complexity index is 422. The molecule has 0 saturated carbocycles. The Labute approximate surface area is 78.5 Å². The van der Waals surface area contributed by atoms with Crippen LogP contribution in [0.15, 0.2) is 12.3 Å². The summed E-state index contributed by atoms with van der Waals surface area (Å²) in [6, 6.07) is 0.764. The predicted molar refractivity (Wildman–Crippen MR) is 42.9 cm³/mol. The summed E-state index contributed by atoms with van der Waals surface area (Å²) in [4.78, 5) is 3.31. The van der Waals surface area contributed by atoms with Crippen LogP contribution < -0.4 is 9.32 Å². The summed E-state index contributed by atoms with van der Waals surface area (Å²) in [6.07, 6.45) is 0.818.